The molecule has 7 nitrogen and oxygen atoms in total. The molecule has 3 aromatic rings. The molecule has 0 N–H and O–H groups in total. The van der Waals surface area contributed by atoms with Crippen molar-refractivity contribution in [3.63, 3.8) is 0 Å². The second kappa shape index (κ2) is 7.29. The third kappa shape index (κ3) is 3.36. The zero-order chi connectivity index (χ0) is 19.8. The molecule has 0 amide bonds. The van der Waals surface area contributed by atoms with E-state index in [0.29, 0.717) is 36.4 Å². The number of fused-ring (bicyclic) bond motifs is 1. The first-order chi connectivity index (χ1) is 13.4. The van der Waals surface area contributed by atoms with Crippen molar-refractivity contribution >= 4 is 11.0 Å². The predicted octanol–water partition coefficient (Wildman–Crippen LogP) is 1.34. The van der Waals surface area contributed by atoms with Crippen molar-refractivity contribution in [3.8, 4) is 0 Å². The van der Waals surface area contributed by atoms with Crippen LogP contribution in [0.1, 0.15) is 17.4 Å². The van der Waals surface area contributed by atoms with Gasteiger partial charge in [0.05, 0.1) is 17.7 Å². The van der Waals surface area contributed by atoms with Crippen LogP contribution in [0, 0.1) is 5.82 Å². The average Bonchev–Trinajstić information content (AvgIpc) is 2.72. The maximum absolute atomic E-state index is 13.1. The van der Waals surface area contributed by atoms with Crippen molar-refractivity contribution < 1.29 is 9.13 Å². The van der Waals surface area contributed by atoms with E-state index in [1.54, 1.807) is 31.3 Å². The number of halogens is 1. The smallest absolute Gasteiger partial charge is 0.332 e. The van der Waals surface area contributed by atoms with Crippen LogP contribution >= 0.6 is 0 Å². The largest absolute Gasteiger partial charge is 0.369 e. The number of aryl methyl sites for hydroxylation is 1. The molecule has 146 valence electrons. The molecule has 0 radical (unpaired) electrons. The number of ether oxygens (including phenoxy) is 1. The molecule has 0 bridgehead atoms. The third-order valence-electron chi connectivity index (χ3n) is 5.12. The van der Waals surface area contributed by atoms with E-state index in [4.69, 9.17) is 4.74 Å². The van der Waals surface area contributed by atoms with E-state index >= 15 is 0 Å². The molecule has 1 unspecified atom stereocenters. The highest BCUT2D eigenvalue weighted by Gasteiger charge is 2.24. The fourth-order valence-corrected chi connectivity index (χ4v) is 3.52. The maximum Gasteiger partial charge on any atom is 0.332 e. The predicted molar refractivity (Wildman–Crippen MR) is 103 cm³/mol. The van der Waals surface area contributed by atoms with Crippen molar-refractivity contribution in [2.45, 2.75) is 12.6 Å². The van der Waals surface area contributed by atoms with Crippen LogP contribution in [0.5, 0.6) is 0 Å². The molecule has 0 spiro atoms. The van der Waals surface area contributed by atoms with Gasteiger partial charge in [0.25, 0.3) is 5.56 Å². The Morgan fingerprint density at radius 3 is 2.61 bits per heavy atom. The van der Waals surface area contributed by atoms with Crippen LogP contribution in [0.15, 0.2) is 46.0 Å². The first-order valence-electron chi connectivity index (χ1n) is 9.09. The molecule has 4 rings (SSSR count). The normalized spacial score (nSPS) is 17.9. The SMILES string of the molecule is Cn1c(=O)c2ccc(C3CN(Cc4ccc(F)cc4)CCO3)nc2n(C)c1=O. The summed E-state index contributed by atoms with van der Waals surface area (Å²) in [5.74, 6) is -0.249. The zero-order valence-electron chi connectivity index (χ0n) is 15.8. The second-order valence-corrected chi connectivity index (χ2v) is 7.03. The molecular formula is C20H21FN4O3. The second-order valence-electron chi connectivity index (χ2n) is 7.03. The summed E-state index contributed by atoms with van der Waals surface area (Å²) < 4.78 is 21.4. The lowest BCUT2D eigenvalue weighted by Crippen LogP contribution is -2.39. The fourth-order valence-electron chi connectivity index (χ4n) is 3.52. The Bertz CT molecular complexity index is 1140. The first-order valence-corrected chi connectivity index (χ1v) is 9.09. The minimum Gasteiger partial charge on any atom is -0.369 e. The summed E-state index contributed by atoms with van der Waals surface area (Å²) in [7, 11) is 3.05. The quantitative estimate of drug-likeness (QED) is 0.682. The number of aromatic nitrogens is 3. The van der Waals surface area contributed by atoms with Gasteiger partial charge in [0.15, 0.2) is 0 Å². The van der Waals surface area contributed by atoms with Crippen LogP contribution in [-0.4, -0.2) is 38.7 Å². The summed E-state index contributed by atoms with van der Waals surface area (Å²) >= 11 is 0. The standard InChI is InChI=1S/C20H21FN4O3/c1-23-18-15(19(26)24(2)20(23)27)7-8-16(22-18)17-12-25(9-10-28-17)11-13-3-5-14(21)6-4-13/h3-8,17H,9-12H2,1-2H3. The van der Waals surface area contributed by atoms with E-state index in [0.717, 1.165) is 16.7 Å². The Hall–Kier alpha value is -2.84. The topological polar surface area (TPSA) is 69.4 Å². The van der Waals surface area contributed by atoms with Gasteiger partial charge in [0, 0.05) is 33.7 Å². The number of morpholine rings is 1. The molecule has 0 aliphatic carbocycles. The van der Waals surface area contributed by atoms with Gasteiger partial charge >= 0.3 is 5.69 Å². The van der Waals surface area contributed by atoms with E-state index in [2.05, 4.69) is 9.88 Å². The van der Waals surface area contributed by atoms with Gasteiger partial charge in [0.1, 0.15) is 17.6 Å². The molecule has 1 aliphatic heterocycles. The number of pyridine rings is 1. The number of benzene rings is 1. The van der Waals surface area contributed by atoms with Crippen molar-refractivity contribution in [1.82, 2.24) is 19.0 Å². The molecular weight excluding hydrogens is 363 g/mol. The third-order valence-corrected chi connectivity index (χ3v) is 5.12. The lowest BCUT2D eigenvalue weighted by molar-refractivity contribution is -0.0348. The highest BCUT2D eigenvalue weighted by Crippen LogP contribution is 2.23. The molecule has 28 heavy (non-hydrogen) atoms. The van der Waals surface area contributed by atoms with Crippen LogP contribution in [0.25, 0.3) is 11.0 Å². The minimum absolute atomic E-state index is 0.249. The summed E-state index contributed by atoms with van der Waals surface area (Å²) in [6.45, 7) is 2.61. The molecule has 1 aliphatic rings. The van der Waals surface area contributed by atoms with Crippen LogP contribution in [0.2, 0.25) is 0 Å². The monoisotopic (exact) mass is 384 g/mol. The van der Waals surface area contributed by atoms with Crippen LogP contribution in [-0.2, 0) is 25.4 Å². The van der Waals surface area contributed by atoms with E-state index < -0.39 is 5.69 Å². The molecule has 1 atom stereocenters. The van der Waals surface area contributed by atoms with Crippen molar-refractivity contribution in [1.29, 1.82) is 0 Å². The van der Waals surface area contributed by atoms with Gasteiger partial charge in [0.2, 0.25) is 0 Å². The van der Waals surface area contributed by atoms with Crippen molar-refractivity contribution in [2.75, 3.05) is 19.7 Å². The molecule has 3 heterocycles. The zero-order valence-corrected chi connectivity index (χ0v) is 15.8. The number of rotatable bonds is 3. The van der Waals surface area contributed by atoms with E-state index in [9.17, 15) is 14.0 Å². The van der Waals surface area contributed by atoms with Gasteiger partial charge in [-0.15, -0.1) is 0 Å². The molecule has 1 aromatic carbocycles. The Labute approximate surface area is 160 Å². The van der Waals surface area contributed by atoms with Gasteiger partial charge in [-0.1, -0.05) is 12.1 Å². The van der Waals surface area contributed by atoms with Crippen LogP contribution in [0.3, 0.4) is 0 Å². The van der Waals surface area contributed by atoms with Gasteiger partial charge < -0.3 is 4.74 Å². The molecule has 8 heteroatoms. The first kappa shape index (κ1) is 18.5. The van der Waals surface area contributed by atoms with Crippen LogP contribution in [0.4, 0.5) is 4.39 Å². The lowest BCUT2D eigenvalue weighted by atomic mass is 10.1. The average molecular weight is 384 g/mol. The Balaban J connectivity index is 1.61. The van der Waals surface area contributed by atoms with Gasteiger partial charge in [-0.25, -0.2) is 14.2 Å². The summed E-state index contributed by atoms with van der Waals surface area (Å²) in [5.41, 5.74) is 1.29. The molecule has 1 fully saturated rings. The summed E-state index contributed by atoms with van der Waals surface area (Å²) in [4.78, 5) is 31.3. The van der Waals surface area contributed by atoms with Gasteiger partial charge in [-0.05, 0) is 29.8 Å². The highest BCUT2D eigenvalue weighted by atomic mass is 19.1. The number of hydrogen-bond donors (Lipinski definition) is 0. The van der Waals surface area contributed by atoms with E-state index in [-0.39, 0.29) is 17.5 Å². The Kier molecular flexibility index (Phi) is 4.82. The molecule has 0 saturated carbocycles. The van der Waals surface area contributed by atoms with Gasteiger partial charge in [-0.3, -0.25) is 18.8 Å². The van der Waals surface area contributed by atoms with Crippen molar-refractivity contribution in [2.24, 2.45) is 14.1 Å². The molecule has 1 saturated heterocycles. The van der Waals surface area contributed by atoms with Crippen molar-refractivity contribution in [3.05, 3.63) is 74.3 Å². The summed E-state index contributed by atoms with van der Waals surface area (Å²) in [5, 5.41) is 0.396. The number of hydrogen-bond acceptors (Lipinski definition) is 5. The Morgan fingerprint density at radius 2 is 1.86 bits per heavy atom. The lowest BCUT2D eigenvalue weighted by Gasteiger charge is -2.32. The fraction of sp³-hybridized carbons (Fsp3) is 0.350. The van der Waals surface area contributed by atoms with E-state index in [1.165, 1.54) is 23.7 Å². The summed E-state index contributed by atoms with van der Waals surface area (Å²) in [6, 6.07) is 9.94. The minimum atomic E-state index is -0.412. The maximum atomic E-state index is 13.1. The molecule has 2 aromatic heterocycles. The Morgan fingerprint density at radius 1 is 1.11 bits per heavy atom. The van der Waals surface area contributed by atoms with Crippen LogP contribution < -0.4 is 11.2 Å². The highest BCUT2D eigenvalue weighted by molar-refractivity contribution is 5.73. The van der Waals surface area contributed by atoms with Gasteiger partial charge in [-0.2, -0.15) is 0 Å². The number of nitrogens with zero attached hydrogens (tertiary/aromatic N) is 4. The summed E-state index contributed by atoms with van der Waals surface area (Å²) in [6.07, 6.45) is -0.266. The van der Waals surface area contributed by atoms with E-state index in [1.807, 2.05) is 0 Å².